The Kier molecular flexibility index (Phi) is 7.10. The van der Waals surface area contributed by atoms with Gasteiger partial charge in [0.15, 0.2) is 17.5 Å². The zero-order chi connectivity index (χ0) is 36.3. The van der Waals surface area contributed by atoms with Crippen molar-refractivity contribution in [3.63, 3.8) is 0 Å². The van der Waals surface area contributed by atoms with Crippen LogP contribution in [0.5, 0.6) is 0 Å². The quantitative estimate of drug-likeness (QED) is 0.167. The van der Waals surface area contributed by atoms with Crippen LogP contribution in [0.2, 0.25) is 0 Å². The first-order valence-electron chi connectivity index (χ1n) is 18.4. The van der Waals surface area contributed by atoms with Crippen molar-refractivity contribution in [3.8, 4) is 56.5 Å². The summed E-state index contributed by atoms with van der Waals surface area (Å²) in [6.45, 7) is 0. The van der Waals surface area contributed by atoms with E-state index in [2.05, 4.69) is 127 Å². The van der Waals surface area contributed by atoms with Gasteiger partial charge in [-0.2, -0.15) is 0 Å². The van der Waals surface area contributed by atoms with Crippen LogP contribution in [0.25, 0.3) is 111 Å². The van der Waals surface area contributed by atoms with Crippen LogP contribution in [0.1, 0.15) is 0 Å². The van der Waals surface area contributed by atoms with Gasteiger partial charge in [-0.05, 0) is 62.3 Å². The van der Waals surface area contributed by atoms with Crippen LogP contribution in [0.4, 0.5) is 0 Å². The third-order valence-electron chi connectivity index (χ3n) is 10.5. The Morgan fingerprint density at radius 3 is 1.65 bits per heavy atom. The molecule has 0 atom stereocenters. The minimum atomic E-state index is 0.587. The first-order valence-corrected chi connectivity index (χ1v) is 18.4. The number of hydrogen-bond donors (Lipinski definition) is 0. The number of fused-ring (bicyclic) bond motifs is 8. The Morgan fingerprint density at radius 1 is 0.327 bits per heavy atom. The van der Waals surface area contributed by atoms with Crippen molar-refractivity contribution in [3.05, 3.63) is 182 Å². The maximum absolute atomic E-state index is 6.31. The number of rotatable bonds is 5. The van der Waals surface area contributed by atoms with Gasteiger partial charge in [0.05, 0.1) is 11.1 Å². The number of pyridine rings is 1. The van der Waals surface area contributed by atoms with Gasteiger partial charge < -0.3 is 4.42 Å². The van der Waals surface area contributed by atoms with E-state index >= 15 is 0 Å². The molecule has 3 heterocycles. The van der Waals surface area contributed by atoms with Gasteiger partial charge in [0.2, 0.25) is 5.71 Å². The smallest absolute Gasteiger partial charge is 0.228 e. The average Bonchev–Trinajstić information content (AvgIpc) is 3.65. The highest BCUT2D eigenvalue weighted by Crippen LogP contribution is 2.40. The minimum absolute atomic E-state index is 0.587. The van der Waals surface area contributed by atoms with Gasteiger partial charge in [0.1, 0.15) is 5.58 Å². The normalized spacial score (nSPS) is 11.6. The van der Waals surface area contributed by atoms with Gasteiger partial charge in [0, 0.05) is 33.0 Å². The molecule has 256 valence electrons. The van der Waals surface area contributed by atoms with Crippen molar-refractivity contribution in [2.24, 2.45) is 0 Å². The van der Waals surface area contributed by atoms with Crippen molar-refractivity contribution < 1.29 is 4.42 Å². The predicted molar refractivity (Wildman–Crippen MR) is 225 cm³/mol. The highest BCUT2D eigenvalue weighted by molar-refractivity contribution is 6.20. The Hall–Kier alpha value is -7.50. The number of nitrogens with zero attached hydrogens (tertiary/aromatic N) is 4. The third-order valence-corrected chi connectivity index (χ3v) is 10.5. The number of benzene rings is 8. The summed E-state index contributed by atoms with van der Waals surface area (Å²) in [4.78, 5) is 20.5. The van der Waals surface area contributed by atoms with Gasteiger partial charge in [-0.15, -0.1) is 0 Å². The van der Waals surface area contributed by atoms with Crippen LogP contribution in [-0.2, 0) is 0 Å². The molecule has 0 bridgehead atoms. The van der Waals surface area contributed by atoms with Crippen molar-refractivity contribution in [2.75, 3.05) is 0 Å². The van der Waals surface area contributed by atoms with Crippen LogP contribution in [-0.4, -0.2) is 19.9 Å². The van der Waals surface area contributed by atoms with Crippen LogP contribution >= 0.6 is 0 Å². The Balaban J connectivity index is 1.09. The molecule has 0 aliphatic rings. The second-order valence-electron chi connectivity index (χ2n) is 13.8. The molecule has 0 radical (unpaired) electrons. The molecular weight excluding hydrogens is 673 g/mol. The summed E-state index contributed by atoms with van der Waals surface area (Å²) in [7, 11) is 0. The number of aromatic nitrogens is 4. The summed E-state index contributed by atoms with van der Waals surface area (Å²) in [6, 6.07) is 62.9. The summed E-state index contributed by atoms with van der Waals surface area (Å²) in [6.07, 6.45) is 0. The lowest BCUT2D eigenvalue weighted by Crippen LogP contribution is -2.00. The molecule has 0 spiro atoms. The van der Waals surface area contributed by atoms with E-state index in [1.165, 1.54) is 21.9 Å². The lowest BCUT2D eigenvalue weighted by atomic mass is 9.92. The molecule has 11 aromatic rings. The number of para-hydroxylation sites is 1. The Bertz CT molecular complexity index is 3260. The molecule has 0 aliphatic carbocycles. The second kappa shape index (κ2) is 12.6. The van der Waals surface area contributed by atoms with E-state index in [0.29, 0.717) is 23.2 Å². The van der Waals surface area contributed by atoms with Crippen molar-refractivity contribution in [1.29, 1.82) is 0 Å². The standard InChI is InChI=1S/C50H30N4O/c1-3-14-31(15-4-1)42-29-33-26-27-36(30-43(33)38-21-8-7-20-37(38)42)49-53-47(32-16-5-2-6-17-32)52-48(54-49)35-19-13-18-34(28-35)46-40-23-10-9-22-39(40)45-41-24-11-12-25-44(41)55-50(45)51-46/h1-30H. The Labute approximate surface area is 316 Å². The van der Waals surface area contributed by atoms with E-state index in [9.17, 15) is 0 Å². The molecule has 0 saturated carbocycles. The summed E-state index contributed by atoms with van der Waals surface area (Å²) >= 11 is 0. The zero-order valence-corrected chi connectivity index (χ0v) is 29.5. The van der Waals surface area contributed by atoms with Crippen LogP contribution in [0.3, 0.4) is 0 Å². The molecular formula is C50H30N4O. The van der Waals surface area contributed by atoms with E-state index in [0.717, 1.165) is 65.8 Å². The first-order chi connectivity index (χ1) is 27.2. The van der Waals surface area contributed by atoms with Crippen molar-refractivity contribution in [1.82, 2.24) is 19.9 Å². The molecule has 0 fully saturated rings. The van der Waals surface area contributed by atoms with E-state index in [-0.39, 0.29) is 0 Å². The van der Waals surface area contributed by atoms with Crippen LogP contribution < -0.4 is 0 Å². The van der Waals surface area contributed by atoms with Crippen molar-refractivity contribution in [2.45, 2.75) is 0 Å². The summed E-state index contributed by atoms with van der Waals surface area (Å²) in [5.41, 5.74) is 8.36. The SMILES string of the molecule is c1ccc(-c2nc(-c3cccc(-c4nc5oc6ccccc6c5c5ccccc45)c3)nc(-c3ccc4cc(-c5ccccc5)c5ccccc5c4c3)n2)cc1. The first kappa shape index (κ1) is 31.1. The molecule has 5 nitrogen and oxygen atoms in total. The van der Waals surface area contributed by atoms with E-state index < -0.39 is 0 Å². The fourth-order valence-corrected chi connectivity index (χ4v) is 7.91. The monoisotopic (exact) mass is 702 g/mol. The van der Waals surface area contributed by atoms with E-state index in [1.54, 1.807) is 0 Å². The molecule has 8 aromatic carbocycles. The second-order valence-corrected chi connectivity index (χ2v) is 13.8. The van der Waals surface area contributed by atoms with Gasteiger partial charge >= 0.3 is 0 Å². The average molecular weight is 703 g/mol. The summed E-state index contributed by atoms with van der Waals surface area (Å²) < 4.78 is 6.31. The van der Waals surface area contributed by atoms with E-state index in [4.69, 9.17) is 24.4 Å². The predicted octanol–water partition coefficient (Wildman–Crippen LogP) is 13.0. The van der Waals surface area contributed by atoms with Gasteiger partial charge in [0.25, 0.3) is 0 Å². The summed E-state index contributed by atoms with van der Waals surface area (Å²) in [5.74, 6) is 1.81. The number of hydrogen-bond acceptors (Lipinski definition) is 5. The molecule has 0 aliphatic heterocycles. The fraction of sp³-hybridized carbons (Fsp3) is 0. The maximum atomic E-state index is 6.31. The zero-order valence-electron chi connectivity index (χ0n) is 29.5. The molecule has 0 unspecified atom stereocenters. The highest BCUT2D eigenvalue weighted by atomic mass is 16.3. The largest absolute Gasteiger partial charge is 0.438 e. The lowest BCUT2D eigenvalue weighted by molar-refractivity contribution is 0.655. The topological polar surface area (TPSA) is 64.7 Å². The fourth-order valence-electron chi connectivity index (χ4n) is 7.91. The lowest BCUT2D eigenvalue weighted by Gasteiger charge is -2.13. The van der Waals surface area contributed by atoms with Crippen molar-refractivity contribution >= 4 is 54.4 Å². The van der Waals surface area contributed by atoms with Crippen LogP contribution in [0, 0.1) is 0 Å². The molecule has 11 rings (SSSR count). The van der Waals surface area contributed by atoms with Gasteiger partial charge in [-0.25, -0.2) is 19.9 Å². The molecule has 3 aromatic heterocycles. The Morgan fingerprint density at radius 2 is 0.891 bits per heavy atom. The minimum Gasteiger partial charge on any atom is -0.438 e. The molecule has 5 heteroatoms. The van der Waals surface area contributed by atoms with Crippen LogP contribution in [0.15, 0.2) is 186 Å². The maximum Gasteiger partial charge on any atom is 0.228 e. The van der Waals surface area contributed by atoms with Gasteiger partial charge in [-0.1, -0.05) is 158 Å². The highest BCUT2D eigenvalue weighted by Gasteiger charge is 2.18. The summed E-state index contributed by atoms with van der Waals surface area (Å²) in [5, 5.41) is 8.95. The number of furan rings is 1. The molecule has 0 saturated heterocycles. The molecule has 0 N–H and O–H groups in total. The van der Waals surface area contributed by atoms with E-state index in [1.807, 2.05) is 54.6 Å². The third kappa shape index (κ3) is 5.24. The molecule has 55 heavy (non-hydrogen) atoms. The van der Waals surface area contributed by atoms with Gasteiger partial charge in [-0.3, -0.25) is 0 Å². The molecule has 0 amide bonds.